The van der Waals surface area contributed by atoms with Gasteiger partial charge in [-0.2, -0.15) is 0 Å². The molecule has 0 atom stereocenters. The molecule has 6 aromatic rings. The molecule has 3 nitrogen and oxygen atoms in total. The molecule has 48 heavy (non-hydrogen) atoms. The summed E-state index contributed by atoms with van der Waals surface area (Å²) in [6, 6.07) is 48.1. The molecule has 2 aliphatic rings. The average molecular weight is 620 g/mol. The van der Waals surface area contributed by atoms with Gasteiger partial charge in [-0.05, 0) is 100.0 Å². The van der Waals surface area contributed by atoms with E-state index in [2.05, 4.69) is 167 Å². The van der Waals surface area contributed by atoms with E-state index in [0.717, 1.165) is 42.3 Å². The van der Waals surface area contributed by atoms with E-state index in [1.807, 2.05) is 0 Å². The first-order valence-electron chi connectivity index (χ1n) is 16.7. The molecule has 0 amide bonds. The highest BCUT2D eigenvalue weighted by Crippen LogP contribution is 2.51. The maximum Gasteiger partial charge on any atom is 0.0840 e. The molecule has 6 aromatic carbocycles. The van der Waals surface area contributed by atoms with Crippen molar-refractivity contribution in [3.63, 3.8) is 0 Å². The van der Waals surface area contributed by atoms with Gasteiger partial charge in [0.25, 0.3) is 0 Å². The Morgan fingerprint density at radius 3 is 1.81 bits per heavy atom. The smallest absolute Gasteiger partial charge is 0.0840 e. The lowest BCUT2D eigenvalue weighted by Gasteiger charge is -2.43. The van der Waals surface area contributed by atoms with E-state index in [1.165, 1.54) is 44.2 Å². The Morgan fingerprint density at radius 2 is 1.15 bits per heavy atom. The summed E-state index contributed by atoms with van der Waals surface area (Å²) in [5.41, 5.74) is 12.3. The van der Waals surface area contributed by atoms with Crippen molar-refractivity contribution in [3.8, 4) is 35.8 Å². The molecule has 0 radical (unpaired) electrons. The minimum atomic E-state index is -0.172. The van der Waals surface area contributed by atoms with Crippen LogP contribution in [0.4, 0.5) is 22.7 Å². The zero-order valence-corrected chi connectivity index (χ0v) is 27.2. The van der Waals surface area contributed by atoms with Gasteiger partial charge >= 0.3 is 0 Å². The van der Waals surface area contributed by atoms with Crippen LogP contribution in [-0.4, -0.2) is 24.5 Å². The molecule has 232 valence electrons. The monoisotopic (exact) mass is 619 g/mol. The first-order chi connectivity index (χ1) is 23.6. The van der Waals surface area contributed by atoms with Crippen LogP contribution in [0.5, 0.6) is 0 Å². The Labute approximate surface area is 284 Å². The second kappa shape index (κ2) is 12.1. The number of rotatable bonds is 7. The molecule has 0 bridgehead atoms. The Balaban J connectivity index is 1.10. The van der Waals surface area contributed by atoms with Gasteiger partial charge in [-0.15, -0.1) is 12.8 Å². The van der Waals surface area contributed by atoms with Crippen molar-refractivity contribution in [1.29, 1.82) is 0 Å². The van der Waals surface area contributed by atoms with Gasteiger partial charge in [-0.25, -0.2) is 0 Å². The van der Waals surface area contributed by atoms with Crippen LogP contribution in [-0.2, 0) is 18.5 Å². The molecule has 1 heterocycles. The molecule has 1 aliphatic carbocycles. The molecule has 0 spiro atoms. The number of benzene rings is 6. The fraction of sp³-hybridized carbons (Fsp3) is 0.156. The van der Waals surface area contributed by atoms with Crippen molar-refractivity contribution in [1.82, 2.24) is 4.90 Å². The standard InChI is InChI=1S/C45H37N3/c1-4-26-47(39-23-21-33-13-6-7-14-34(33)29-39)37-15-12-16-38(31-37)48(27-5-2)40-24-22-36-32-46(28-25-35(36)30-40)45(3)43-19-10-8-17-41(43)42-18-9-11-20-44(42)45/h1-2,6-24,29-31H,25-28,32H2,3H3. The molecule has 0 aromatic heterocycles. The zero-order chi connectivity index (χ0) is 32.7. The van der Waals surface area contributed by atoms with Crippen molar-refractivity contribution >= 4 is 33.5 Å². The number of terminal acetylenes is 2. The molecule has 0 saturated carbocycles. The predicted octanol–water partition coefficient (Wildman–Crippen LogP) is 9.68. The Hall–Kier alpha value is -5.74. The van der Waals surface area contributed by atoms with Crippen molar-refractivity contribution < 1.29 is 0 Å². The maximum atomic E-state index is 5.98. The quantitative estimate of drug-likeness (QED) is 0.165. The summed E-state index contributed by atoms with van der Waals surface area (Å²) in [6.45, 7) is 5.20. The van der Waals surface area contributed by atoms with Crippen LogP contribution in [0.2, 0.25) is 0 Å². The van der Waals surface area contributed by atoms with Gasteiger partial charge in [-0.1, -0.05) is 103 Å². The largest absolute Gasteiger partial charge is 0.330 e. The van der Waals surface area contributed by atoms with Gasteiger partial charge in [0, 0.05) is 35.8 Å². The van der Waals surface area contributed by atoms with Gasteiger partial charge in [0.05, 0.1) is 18.6 Å². The van der Waals surface area contributed by atoms with Crippen molar-refractivity contribution in [2.75, 3.05) is 29.4 Å². The molecule has 8 rings (SSSR count). The predicted molar refractivity (Wildman–Crippen MR) is 201 cm³/mol. The average Bonchev–Trinajstić information content (AvgIpc) is 3.41. The molecule has 0 N–H and O–H groups in total. The van der Waals surface area contributed by atoms with Gasteiger partial charge in [-0.3, -0.25) is 4.90 Å². The molecule has 0 unspecified atom stereocenters. The first kappa shape index (κ1) is 29.6. The van der Waals surface area contributed by atoms with E-state index in [0.29, 0.717) is 13.1 Å². The highest BCUT2D eigenvalue weighted by Gasteiger charge is 2.44. The minimum Gasteiger partial charge on any atom is -0.330 e. The normalized spacial score (nSPS) is 14.3. The third kappa shape index (κ3) is 4.92. The van der Waals surface area contributed by atoms with E-state index in [4.69, 9.17) is 12.8 Å². The number of fused-ring (bicyclic) bond motifs is 5. The zero-order valence-electron chi connectivity index (χ0n) is 27.2. The van der Waals surface area contributed by atoms with Crippen LogP contribution < -0.4 is 9.80 Å². The highest BCUT2D eigenvalue weighted by molar-refractivity contribution is 5.87. The Kier molecular flexibility index (Phi) is 7.49. The highest BCUT2D eigenvalue weighted by atomic mass is 15.2. The van der Waals surface area contributed by atoms with Crippen LogP contribution in [0.25, 0.3) is 21.9 Å². The van der Waals surface area contributed by atoms with Crippen LogP contribution >= 0.6 is 0 Å². The second-order valence-corrected chi connectivity index (χ2v) is 12.9. The number of nitrogens with zero attached hydrogens (tertiary/aromatic N) is 3. The van der Waals surface area contributed by atoms with Crippen LogP contribution in [0, 0.1) is 24.7 Å². The third-order valence-electron chi connectivity index (χ3n) is 10.3. The molecule has 1 aliphatic heterocycles. The molecular formula is C45H37N3. The van der Waals surface area contributed by atoms with Crippen LogP contribution in [0.1, 0.15) is 29.2 Å². The first-order valence-corrected chi connectivity index (χ1v) is 16.7. The third-order valence-corrected chi connectivity index (χ3v) is 10.3. The Bertz CT molecular complexity index is 2200. The minimum absolute atomic E-state index is 0.172. The SMILES string of the molecule is C#CCN(c1cccc(N(CC#C)c2ccc3ccccc3c2)c1)c1ccc2c(c1)CCN(C1(C)c3ccccc3-c3ccccc31)C2. The number of hydrogen-bond acceptors (Lipinski definition) is 3. The van der Waals surface area contributed by atoms with E-state index >= 15 is 0 Å². The summed E-state index contributed by atoms with van der Waals surface area (Å²) in [6.07, 6.45) is 12.8. The van der Waals surface area contributed by atoms with E-state index < -0.39 is 0 Å². The van der Waals surface area contributed by atoms with Crippen molar-refractivity contribution in [3.05, 3.63) is 156 Å². The van der Waals surface area contributed by atoms with E-state index in [9.17, 15) is 0 Å². The lowest BCUT2D eigenvalue weighted by atomic mass is 9.85. The lowest BCUT2D eigenvalue weighted by molar-refractivity contribution is 0.126. The van der Waals surface area contributed by atoms with E-state index in [1.54, 1.807) is 0 Å². The van der Waals surface area contributed by atoms with Crippen molar-refractivity contribution in [2.24, 2.45) is 0 Å². The molecule has 3 heteroatoms. The van der Waals surface area contributed by atoms with Gasteiger partial charge < -0.3 is 9.80 Å². The number of hydrogen-bond donors (Lipinski definition) is 0. The Morgan fingerprint density at radius 1 is 0.583 bits per heavy atom. The summed E-state index contributed by atoms with van der Waals surface area (Å²) in [4.78, 5) is 7.08. The number of anilines is 4. The fourth-order valence-corrected chi connectivity index (χ4v) is 7.88. The molecular weight excluding hydrogens is 583 g/mol. The van der Waals surface area contributed by atoms with E-state index in [-0.39, 0.29) is 5.54 Å². The summed E-state index contributed by atoms with van der Waals surface area (Å²) in [5.74, 6) is 5.78. The van der Waals surface area contributed by atoms with Crippen molar-refractivity contribution in [2.45, 2.75) is 25.4 Å². The van der Waals surface area contributed by atoms with Gasteiger partial charge in [0.15, 0.2) is 0 Å². The summed E-state index contributed by atoms with van der Waals surface area (Å²) >= 11 is 0. The summed E-state index contributed by atoms with van der Waals surface area (Å²) in [7, 11) is 0. The summed E-state index contributed by atoms with van der Waals surface area (Å²) in [5, 5.41) is 2.39. The molecule has 0 fully saturated rings. The fourth-order valence-electron chi connectivity index (χ4n) is 7.88. The van der Waals surface area contributed by atoms with Gasteiger partial charge in [0.2, 0.25) is 0 Å². The second-order valence-electron chi connectivity index (χ2n) is 12.9. The topological polar surface area (TPSA) is 9.72 Å². The summed E-state index contributed by atoms with van der Waals surface area (Å²) < 4.78 is 0. The van der Waals surface area contributed by atoms with Crippen LogP contribution in [0.3, 0.4) is 0 Å². The van der Waals surface area contributed by atoms with Gasteiger partial charge in [0.1, 0.15) is 0 Å². The maximum absolute atomic E-state index is 5.98. The van der Waals surface area contributed by atoms with Crippen LogP contribution in [0.15, 0.2) is 133 Å². The molecule has 0 saturated heterocycles. The lowest BCUT2D eigenvalue weighted by Crippen LogP contribution is -2.46.